The minimum Gasteiger partial charge on any atom is -0.356 e. The van der Waals surface area contributed by atoms with Crippen LogP contribution in [0.15, 0.2) is 23.4 Å². The first-order chi connectivity index (χ1) is 10.7. The van der Waals surface area contributed by atoms with Crippen LogP contribution in [0, 0.1) is 5.92 Å². The molecule has 1 unspecified atom stereocenters. The van der Waals surface area contributed by atoms with Crippen molar-refractivity contribution in [3.05, 3.63) is 18.3 Å². The zero-order chi connectivity index (χ0) is 15.5. The molecule has 2 heterocycles. The third-order valence-corrected chi connectivity index (χ3v) is 5.13. The molecule has 1 saturated carbocycles. The summed E-state index contributed by atoms with van der Waals surface area (Å²) >= 11 is 1.41. The second kappa shape index (κ2) is 6.69. The lowest BCUT2D eigenvalue weighted by atomic mass is 10.2. The number of carbonyl (C=O) groups is 2. The molecule has 2 aliphatic rings. The molecule has 1 aliphatic carbocycles. The Morgan fingerprint density at radius 2 is 2.32 bits per heavy atom. The Labute approximate surface area is 134 Å². The van der Waals surface area contributed by atoms with Gasteiger partial charge in [0.15, 0.2) is 0 Å². The Kier molecular flexibility index (Phi) is 4.66. The third kappa shape index (κ3) is 3.43. The van der Waals surface area contributed by atoms with Gasteiger partial charge in [-0.2, -0.15) is 0 Å². The maximum atomic E-state index is 12.7. The summed E-state index contributed by atoms with van der Waals surface area (Å²) in [6.07, 6.45) is 5.26. The minimum absolute atomic E-state index is 0.0221. The van der Waals surface area contributed by atoms with Crippen molar-refractivity contribution in [3.63, 3.8) is 0 Å². The molecule has 0 saturated heterocycles. The van der Waals surface area contributed by atoms with E-state index in [1.165, 1.54) is 24.6 Å². The fraction of sp³-hybridized carbons (Fsp3) is 0.562. The Balaban J connectivity index is 1.69. The SMILES string of the molecule is CCCN1C(=O)C(CC(=O)NCC2CC2)Sc2ncccc21. The van der Waals surface area contributed by atoms with Crippen molar-refractivity contribution < 1.29 is 9.59 Å². The number of rotatable bonds is 6. The molecule has 1 N–H and O–H groups in total. The number of nitrogens with one attached hydrogen (secondary N) is 1. The number of aromatic nitrogens is 1. The fourth-order valence-corrected chi connectivity index (χ4v) is 3.71. The summed E-state index contributed by atoms with van der Waals surface area (Å²) in [5, 5.41) is 3.42. The number of pyridine rings is 1. The molecule has 0 radical (unpaired) electrons. The fourth-order valence-electron chi connectivity index (χ4n) is 2.56. The van der Waals surface area contributed by atoms with Crippen LogP contribution in [-0.4, -0.2) is 35.1 Å². The van der Waals surface area contributed by atoms with Crippen LogP contribution in [0.1, 0.15) is 32.6 Å². The summed E-state index contributed by atoms with van der Waals surface area (Å²) in [6.45, 7) is 3.46. The molecule has 118 valence electrons. The van der Waals surface area contributed by atoms with Gasteiger partial charge in [0.1, 0.15) is 5.03 Å². The van der Waals surface area contributed by atoms with Gasteiger partial charge in [-0.05, 0) is 37.3 Å². The van der Waals surface area contributed by atoms with Gasteiger partial charge < -0.3 is 10.2 Å². The van der Waals surface area contributed by atoms with Gasteiger partial charge in [-0.1, -0.05) is 18.7 Å². The van der Waals surface area contributed by atoms with Gasteiger partial charge in [-0.15, -0.1) is 0 Å². The summed E-state index contributed by atoms with van der Waals surface area (Å²) in [5.74, 6) is 0.639. The van der Waals surface area contributed by atoms with Crippen molar-refractivity contribution in [1.29, 1.82) is 0 Å². The van der Waals surface area contributed by atoms with Crippen LogP contribution in [-0.2, 0) is 9.59 Å². The van der Waals surface area contributed by atoms with Crippen molar-refractivity contribution >= 4 is 29.3 Å². The summed E-state index contributed by atoms with van der Waals surface area (Å²) in [5.41, 5.74) is 0.869. The highest BCUT2D eigenvalue weighted by atomic mass is 32.2. The van der Waals surface area contributed by atoms with E-state index in [1.54, 1.807) is 11.1 Å². The number of hydrogen-bond donors (Lipinski definition) is 1. The molecule has 1 aromatic heterocycles. The van der Waals surface area contributed by atoms with Crippen molar-refractivity contribution in [2.24, 2.45) is 5.92 Å². The van der Waals surface area contributed by atoms with Gasteiger partial charge in [0.05, 0.1) is 10.9 Å². The highest BCUT2D eigenvalue weighted by Gasteiger charge is 2.35. The largest absolute Gasteiger partial charge is 0.356 e. The molecule has 5 nitrogen and oxygen atoms in total. The zero-order valence-electron chi connectivity index (χ0n) is 12.7. The molecule has 0 spiro atoms. The average molecular weight is 319 g/mol. The van der Waals surface area contributed by atoms with Gasteiger partial charge in [0.25, 0.3) is 0 Å². The van der Waals surface area contributed by atoms with E-state index in [2.05, 4.69) is 10.3 Å². The van der Waals surface area contributed by atoms with Gasteiger partial charge >= 0.3 is 0 Å². The Bertz CT molecular complexity index is 574. The maximum absolute atomic E-state index is 12.7. The minimum atomic E-state index is -0.367. The van der Waals surface area contributed by atoms with Crippen LogP contribution in [0.25, 0.3) is 0 Å². The highest BCUT2D eigenvalue weighted by Crippen LogP contribution is 2.38. The lowest BCUT2D eigenvalue weighted by Gasteiger charge is -2.32. The predicted octanol–water partition coefficient (Wildman–Crippen LogP) is 2.22. The molecule has 0 bridgehead atoms. The van der Waals surface area contributed by atoms with Crippen molar-refractivity contribution in [2.45, 2.75) is 42.9 Å². The van der Waals surface area contributed by atoms with E-state index in [1.807, 2.05) is 19.1 Å². The predicted molar refractivity (Wildman–Crippen MR) is 86.9 cm³/mol. The van der Waals surface area contributed by atoms with Crippen LogP contribution in [0.5, 0.6) is 0 Å². The molecular formula is C16H21N3O2S. The molecule has 6 heteroatoms. The molecule has 2 amide bonds. The Morgan fingerprint density at radius 1 is 1.50 bits per heavy atom. The monoisotopic (exact) mass is 319 g/mol. The van der Waals surface area contributed by atoms with Crippen LogP contribution < -0.4 is 10.2 Å². The first-order valence-electron chi connectivity index (χ1n) is 7.88. The second-order valence-electron chi connectivity index (χ2n) is 5.88. The van der Waals surface area contributed by atoms with Crippen molar-refractivity contribution in [2.75, 3.05) is 18.0 Å². The van der Waals surface area contributed by atoms with Crippen LogP contribution >= 0.6 is 11.8 Å². The van der Waals surface area contributed by atoms with E-state index in [9.17, 15) is 9.59 Å². The van der Waals surface area contributed by atoms with E-state index in [-0.39, 0.29) is 23.5 Å². The first-order valence-corrected chi connectivity index (χ1v) is 8.76. The normalized spacial score (nSPS) is 20.7. The van der Waals surface area contributed by atoms with Crippen molar-refractivity contribution in [3.8, 4) is 0 Å². The molecule has 3 rings (SSSR count). The summed E-state index contributed by atoms with van der Waals surface area (Å²) < 4.78 is 0. The highest BCUT2D eigenvalue weighted by molar-refractivity contribution is 8.00. The smallest absolute Gasteiger partial charge is 0.241 e. The standard InChI is InChI=1S/C16H21N3O2S/c1-2-8-19-12-4-3-7-17-15(12)22-13(16(19)21)9-14(20)18-10-11-5-6-11/h3-4,7,11,13H,2,5-6,8-10H2,1H3,(H,18,20). The molecule has 1 atom stereocenters. The quantitative estimate of drug-likeness (QED) is 0.873. The number of fused-ring (bicyclic) bond motifs is 1. The van der Waals surface area contributed by atoms with E-state index < -0.39 is 0 Å². The number of hydrogen-bond acceptors (Lipinski definition) is 4. The van der Waals surface area contributed by atoms with Gasteiger partial charge in [0, 0.05) is 25.7 Å². The Hall–Kier alpha value is -1.56. The summed E-state index contributed by atoms with van der Waals surface area (Å²) in [6, 6.07) is 3.77. The first kappa shape index (κ1) is 15.3. The average Bonchev–Trinajstić information content (AvgIpc) is 3.34. The zero-order valence-corrected chi connectivity index (χ0v) is 13.6. The van der Waals surface area contributed by atoms with Crippen LogP contribution in [0.3, 0.4) is 0 Å². The van der Waals surface area contributed by atoms with Gasteiger partial charge in [-0.3, -0.25) is 9.59 Å². The van der Waals surface area contributed by atoms with Crippen LogP contribution in [0.4, 0.5) is 5.69 Å². The summed E-state index contributed by atoms with van der Waals surface area (Å²) in [7, 11) is 0. The van der Waals surface area contributed by atoms with E-state index in [4.69, 9.17) is 0 Å². The molecule has 1 aliphatic heterocycles. The molecule has 1 fully saturated rings. The van der Waals surface area contributed by atoms with E-state index in [0.717, 1.165) is 23.7 Å². The second-order valence-corrected chi connectivity index (χ2v) is 7.07. The lowest BCUT2D eigenvalue weighted by Crippen LogP contribution is -2.43. The van der Waals surface area contributed by atoms with Gasteiger partial charge in [0.2, 0.25) is 11.8 Å². The molecule has 0 aromatic carbocycles. The summed E-state index contributed by atoms with van der Waals surface area (Å²) in [4.78, 5) is 30.9. The number of nitrogens with zero attached hydrogens (tertiary/aromatic N) is 2. The topological polar surface area (TPSA) is 62.3 Å². The number of amides is 2. The third-order valence-electron chi connectivity index (χ3n) is 3.94. The molecule has 22 heavy (non-hydrogen) atoms. The number of thioether (sulfide) groups is 1. The van der Waals surface area contributed by atoms with Crippen LogP contribution in [0.2, 0.25) is 0 Å². The number of carbonyl (C=O) groups excluding carboxylic acids is 2. The Morgan fingerprint density at radius 3 is 3.05 bits per heavy atom. The molecule has 1 aromatic rings. The van der Waals surface area contributed by atoms with E-state index >= 15 is 0 Å². The van der Waals surface area contributed by atoms with Crippen molar-refractivity contribution in [1.82, 2.24) is 10.3 Å². The van der Waals surface area contributed by atoms with E-state index in [0.29, 0.717) is 12.5 Å². The molecular weight excluding hydrogens is 298 g/mol. The van der Waals surface area contributed by atoms with Gasteiger partial charge in [-0.25, -0.2) is 4.98 Å². The lowest BCUT2D eigenvalue weighted by molar-refractivity contribution is -0.124. The maximum Gasteiger partial charge on any atom is 0.241 e. The number of anilines is 1.